The van der Waals surface area contributed by atoms with Gasteiger partial charge in [0.1, 0.15) is 11.4 Å². The first-order chi connectivity index (χ1) is 12.2. The van der Waals surface area contributed by atoms with E-state index in [9.17, 15) is 9.59 Å². The third-order valence-electron chi connectivity index (χ3n) is 4.01. The molecule has 2 heterocycles. The molecule has 0 saturated carbocycles. The van der Waals surface area contributed by atoms with E-state index < -0.39 is 11.2 Å². The fourth-order valence-electron chi connectivity index (χ4n) is 2.79. The molecule has 3 aromatic rings. The summed E-state index contributed by atoms with van der Waals surface area (Å²) in [6, 6.07) is 9.15. The molecule has 130 valence electrons. The van der Waals surface area contributed by atoms with E-state index in [2.05, 4.69) is 9.97 Å². The molecule has 2 aromatic heterocycles. The van der Waals surface area contributed by atoms with Crippen molar-refractivity contribution >= 4 is 11.0 Å². The molecule has 3 rings (SSSR count). The highest BCUT2D eigenvalue weighted by molar-refractivity contribution is 5.91. The minimum Gasteiger partial charge on any atom is -0.497 e. The molecule has 7 heteroatoms. The molecule has 0 bridgehead atoms. The topological polar surface area (TPSA) is 86.2 Å². The molecular weight excluding hydrogens is 322 g/mol. The van der Waals surface area contributed by atoms with Crippen molar-refractivity contribution in [3.63, 3.8) is 0 Å². The highest BCUT2D eigenvalue weighted by Crippen LogP contribution is 2.26. The molecule has 0 saturated heterocycles. The molecule has 1 N–H and O–H groups in total. The van der Waals surface area contributed by atoms with Crippen LogP contribution >= 0.6 is 0 Å². The molecule has 0 amide bonds. The van der Waals surface area contributed by atoms with Crippen molar-refractivity contribution in [3.8, 4) is 16.9 Å². The number of pyridine rings is 1. The van der Waals surface area contributed by atoms with Crippen molar-refractivity contribution in [3.05, 3.63) is 57.4 Å². The molecule has 0 aliphatic carbocycles. The largest absolute Gasteiger partial charge is 0.497 e. The zero-order chi connectivity index (χ0) is 17.8. The second-order valence-corrected chi connectivity index (χ2v) is 5.54. The van der Waals surface area contributed by atoms with Gasteiger partial charge in [-0.15, -0.1) is 0 Å². The molecular formula is C18H19N3O4. The maximum atomic E-state index is 12.4. The number of aryl methyl sites for hydroxylation is 1. The van der Waals surface area contributed by atoms with Crippen molar-refractivity contribution < 1.29 is 9.47 Å². The predicted molar refractivity (Wildman–Crippen MR) is 95.1 cm³/mol. The lowest BCUT2D eigenvalue weighted by atomic mass is 10.0. The van der Waals surface area contributed by atoms with Crippen LogP contribution in [0.1, 0.15) is 6.42 Å². The van der Waals surface area contributed by atoms with Gasteiger partial charge in [-0.25, -0.2) is 9.78 Å². The highest BCUT2D eigenvalue weighted by Gasteiger charge is 2.13. The van der Waals surface area contributed by atoms with Crippen LogP contribution in [0.4, 0.5) is 0 Å². The quantitative estimate of drug-likeness (QED) is 0.691. The lowest BCUT2D eigenvalue weighted by Crippen LogP contribution is -2.31. The SMILES string of the molecule is COCCCn1c(=O)[nH]c(=O)c2c(-c3ccc(OC)cc3)ccnc21. The number of nitrogens with zero attached hydrogens (tertiary/aromatic N) is 2. The Bertz CT molecular complexity index is 990. The number of nitrogens with one attached hydrogen (secondary N) is 1. The first kappa shape index (κ1) is 16.9. The van der Waals surface area contributed by atoms with Gasteiger partial charge >= 0.3 is 5.69 Å². The van der Waals surface area contributed by atoms with Crippen LogP contribution in [-0.2, 0) is 11.3 Å². The Labute approximate surface area is 143 Å². The standard InChI is InChI=1S/C18H19N3O4/c1-24-11-3-10-21-16-15(17(22)20-18(21)23)14(8-9-19-16)12-4-6-13(25-2)7-5-12/h4-9H,3,10-11H2,1-2H3,(H,20,22,23). The summed E-state index contributed by atoms with van der Waals surface area (Å²) >= 11 is 0. The molecule has 0 aliphatic heterocycles. The number of hydrogen-bond acceptors (Lipinski definition) is 5. The molecule has 25 heavy (non-hydrogen) atoms. The molecule has 7 nitrogen and oxygen atoms in total. The van der Waals surface area contributed by atoms with Crippen LogP contribution in [0, 0.1) is 0 Å². The Balaban J connectivity index is 2.19. The summed E-state index contributed by atoms with van der Waals surface area (Å²) in [5, 5.41) is 0.393. The monoisotopic (exact) mass is 341 g/mol. The van der Waals surface area contributed by atoms with E-state index in [1.807, 2.05) is 24.3 Å². The number of fused-ring (bicyclic) bond motifs is 1. The van der Waals surface area contributed by atoms with Gasteiger partial charge in [0.25, 0.3) is 5.56 Å². The van der Waals surface area contributed by atoms with E-state index in [1.165, 1.54) is 4.57 Å². The Kier molecular flexibility index (Phi) is 4.95. The zero-order valence-electron chi connectivity index (χ0n) is 14.1. The summed E-state index contributed by atoms with van der Waals surface area (Å²) < 4.78 is 11.7. The number of ether oxygens (including phenoxy) is 2. The summed E-state index contributed by atoms with van der Waals surface area (Å²) in [6.07, 6.45) is 2.25. The lowest BCUT2D eigenvalue weighted by Gasteiger charge is -2.11. The van der Waals surface area contributed by atoms with Gasteiger partial charge in [0, 0.05) is 26.5 Å². The summed E-state index contributed by atoms with van der Waals surface area (Å²) in [4.78, 5) is 31.3. The van der Waals surface area contributed by atoms with Crippen molar-refractivity contribution in [1.82, 2.24) is 14.5 Å². The van der Waals surface area contributed by atoms with Gasteiger partial charge in [-0.05, 0) is 35.7 Å². The molecule has 0 radical (unpaired) electrons. The number of aromatic amines is 1. The van der Waals surface area contributed by atoms with Gasteiger partial charge in [0.05, 0.1) is 12.5 Å². The van der Waals surface area contributed by atoms with Crippen LogP contribution in [0.2, 0.25) is 0 Å². The molecule has 0 aliphatic rings. The first-order valence-electron chi connectivity index (χ1n) is 7.91. The number of hydrogen-bond donors (Lipinski definition) is 1. The minimum atomic E-state index is -0.465. The Morgan fingerprint density at radius 2 is 1.88 bits per heavy atom. The molecule has 1 aromatic carbocycles. The fraction of sp³-hybridized carbons (Fsp3) is 0.278. The second kappa shape index (κ2) is 7.31. The zero-order valence-corrected chi connectivity index (χ0v) is 14.1. The van der Waals surface area contributed by atoms with E-state index in [0.717, 1.165) is 16.9 Å². The van der Waals surface area contributed by atoms with Gasteiger partial charge in [-0.3, -0.25) is 14.3 Å². The number of H-pyrrole nitrogens is 1. The first-order valence-corrected chi connectivity index (χ1v) is 7.91. The molecule has 0 atom stereocenters. The number of aromatic nitrogens is 3. The van der Waals surface area contributed by atoms with Crippen LogP contribution in [-0.4, -0.2) is 35.4 Å². The van der Waals surface area contributed by atoms with Crippen molar-refractivity contribution in [2.75, 3.05) is 20.8 Å². The predicted octanol–water partition coefficient (Wildman–Crippen LogP) is 1.80. The number of methoxy groups -OCH3 is 2. The van der Waals surface area contributed by atoms with E-state index in [1.54, 1.807) is 26.5 Å². The summed E-state index contributed by atoms with van der Waals surface area (Å²) in [6.45, 7) is 0.935. The fourth-order valence-corrected chi connectivity index (χ4v) is 2.79. The van der Waals surface area contributed by atoms with Crippen LogP contribution in [0.15, 0.2) is 46.1 Å². The molecule has 0 unspecified atom stereocenters. The van der Waals surface area contributed by atoms with Gasteiger partial charge in [0.15, 0.2) is 0 Å². The lowest BCUT2D eigenvalue weighted by molar-refractivity contribution is 0.190. The van der Waals surface area contributed by atoms with E-state index in [-0.39, 0.29) is 0 Å². The van der Waals surface area contributed by atoms with Gasteiger partial charge in [0.2, 0.25) is 0 Å². The maximum Gasteiger partial charge on any atom is 0.329 e. The Hall–Kier alpha value is -2.93. The van der Waals surface area contributed by atoms with E-state index in [4.69, 9.17) is 9.47 Å². The average molecular weight is 341 g/mol. The van der Waals surface area contributed by atoms with Gasteiger partial charge in [-0.2, -0.15) is 0 Å². The Morgan fingerprint density at radius 3 is 2.56 bits per heavy atom. The molecule has 0 spiro atoms. The number of rotatable bonds is 6. The van der Waals surface area contributed by atoms with Crippen molar-refractivity contribution in [2.45, 2.75) is 13.0 Å². The summed E-state index contributed by atoms with van der Waals surface area (Å²) in [5.41, 5.74) is 1.03. The van der Waals surface area contributed by atoms with E-state index >= 15 is 0 Å². The van der Waals surface area contributed by atoms with Crippen LogP contribution in [0.5, 0.6) is 5.75 Å². The smallest absolute Gasteiger partial charge is 0.329 e. The third-order valence-corrected chi connectivity index (χ3v) is 4.01. The summed E-state index contributed by atoms with van der Waals surface area (Å²) in [7, 11) is 3.20. The van der Waals surface area contributed by atoms with Crippen LogP contribution < -0.4 is 16.0 Å². The van der Waals surface area contributed by atoms with Crippen LogP contribution in [0.3, 0.4) is 0 Å². The molecule has 0 fully saturated rings. The normalized spacial score (nSPS) is 11.0. The summed E-state index contributed by atoms with van der Waals surface area (Å²) in [5.74, 6) is 0.729. The minimum absolute atomic E-state index is 0.373. The average Bonchev–Trinajstić information content (AvgIpc) is 2.64. The number of benzene rings is 1. The second-order valence-electron chi connectivity index (χ2n) is 5.54. The van der Waals surface area contributed by atoms with Gasteiger partial charge in [-0.1, -0.05) is 12.1 Å². The van der Waals surface area contributed by atoms with Crippen molar-refractivity contribution in [2.24, 2.45) is 0 Å². The highest BCUT2D eigenvalue weighted by atomic mass is 16.5. The van der Waals surface area contributed by atoms with E-state index in [0.29, 0.717) is 30.6 Å². The third kappa shape index (κ3) is 3.32. The van der Waals surface area contributed by atoms with Crippen LogP contribution in [0.25, 0.3) is 22.2 Å². The maximum absolute atomic E-state index is 12.4. The Morgan fingerprint density at radius 1 is 1.12 bits per heavy atom. The van der Waals surface area contributed by atoms with Crippen molar-refractivity contribution in [1.29, 1.82) is 0 Å². The van der Waals surface area contributed by atoms with Gasteiger partial charge < -0.3 is 9.47 Å².